The molecule has 1 spiro atoms. The third-order valence-electron chi connectivity index (χ3n) is 4.72. The van der Waals surface area contributed by atoms with Crippen LogP contribution in [-0.4, -0.2) is 51.3 Å². The van der Waals surface area contributed by atoms with Crippen LogP contribution in [0.4, 0.5) is 0 Å². The Labute approximate surface area is 141 Å². The number of nitrogens with zero attached hydrogens (tertiary/aromatic N) is 4. The monoisotopic (exact) mass is 326 g/mol. The third-order valence-corrected chi connectivity index (χ3v) is 4.72. The molecule has 2 atom stereocenters. The zero-order valence-electron chi connectivity index (χ0n) is 13.9. The number of ether oxygens (including phenoxy) is 2. The van der Waals surface area contributed by atoms with Crippen molar-refractivity contribution in [2.45, 2.75) is 38.0 Å². The van der Waals surface area contributed by atoms with Gasteiger partial charge in [0.05, 0.1) is 17.9 Å². The Hall–Kier alpha value is -2.05. The Morgan fingerprint density at radius 3 is 3.00 bits per heavy atom. The van der Waals surface area contributed by atoms with Gasteiger partial charge in [0, 0.05) is 44.1 Å². The summed E-state index contributed by atoms with van der Waals surface area (Å²) in [6.07, 6.45) is 5.35. The average molecular weight is 326 g/mol. The maximum Gasteiger partial charge on any atom is 0.316 e. The summed E-state index contributed by atoms with van der Waals surface area (Å²) in [5.41, 5.74) is 2.09. The van der Waals surface area contributed by atoms with Crippen molar-refractivity contribution < 1.29 is 9.47 Å². The number of aromatic nitrogens is 3. The van der Waals surface area contributed by atoms with Crippen molar-refractivity contribution in [3.63, 3.8) is 0 Å². The minimum atomic E-state index is -0.0940. The third kappa shape index (κ3) is 3.39. The van der Waals surface area contributed by atoms with Gasteiger partial charge in [-0.2, -0.15) is 0 Å². The fraction of sp³-hybridized carbons (Fsp3) is 0.500. The Bertz CT molecular complexity index is 696. The van der Waals surface area contributed by atoms with Crippen molar-refractivity contribution in [3.05, 3.63) is 48.0 Å². The van der Waals surface area contributed by atoms with Crippen molar-refractivity contribution in [1.82, 2.24) is 19.9 Å². The van der Waals surface area contributed by atoms with Crippen molar-refractivity contribution in [1.29, 1.82) is 0 Å². The first kappa shape index (κ1) is 15.5. The number of rotatable bonds is 4. The first-order valence-corrected chi connectivity index (χ1v) is 8.43. The van der Waals surface area contributed by atoms with E-state index in [0.29, 0.717) is 12.6 Å². The summed E-state index contributed by atoms with van der Waals surface area (Å²) in [7, 11) is 0. The molecule has 126 valence electrons. The molecule has 0 aromatic carbocycles. The molecule has 0 saturated carbocycles. The van der Waals surface area contributed by atoms with Crippen LogP contribution < -0.4 is 4.74 Å². The molecular formula is C18H22N4O2. The highest BCUT2D eigenvalue weighted by Crippen LogP contribution is 2.36. The van der Waals surface area contributed by atoms with Crippen LogP contribution in [0.25, 0.3) is 0 Å². The Balaban J connectivity index is 1.34. The predicted octanol–water partition coefficient (Wildman–Crippen LogP) is 1.99. The lowest BCUT2D eigenvalue weighted by Gasteiger charge is -2.23. The first-order chi connectivity index (χ1) is 11.7. The normalized spacial score (nSPS) is 27.0. The van der Waals surface area contributed by atoms with Gasteiger partial charge >= 0.3 is 6.01 Å². The molecule has 2 aliphatic rings. The van der Waals surface area contributed by atoms with E-state index in [4.69, 9.17) is 9.47 Å². The lowest BCUT2D eigenvalue weighted by atomic mass is 9.98. The summed E-state index contributed by atoms with van der Waals surface area (Å²) in [6, 6.07) is 8.41. The molecule has 2 aromatic rings. The minimum absolute atomic E-state index is 0.0319. The average Bonchev–Trinajstić information content (AvgIpc) is 3.15. The molecule has 4 rings (SSSR count). The number of likely N-dealkylation sites (tertiary alicyclic amines) is 1. The molecule has 2 fully saturated rings. The lowest BCUT2D eigenvalue weighted by molar-refractivity contribution is 0.00904. The van der Waals surface area contributed by atoms with E-state index in [-0.39, 0.29) is 11.7 Å². The summed E-state index contributed by atoms with van der Waals surface area (Å²) in [5, 5.41) is 0. The molecule has 2 aliphatic heterocycles. The van der Waals surface area contributed by atoms with E-state index in [9.17, 15) is 0 Å². The topological polar surface area (TPSA) is 60.4 Å². The van der Waals surface area contributed by atoms with Crippen molar-refractivity contribution in [2.75, 3.05) is 19.7 Å². The van der Waals surface area contributed by atoms with E-state index in [1.165, 1.54) is 0 Å². The van der Waals surface area contributed by atoms with Gasteiger partial charge in [-0.3, -0.25) is 9.88 Å². The Morgan fingerprint density at radius 2 is 2.17 bits per heavy atom. The highest BCUT2D eigenvalue weighted by atomic mass is 16.6. The molecule has 6 nitrogen and oxygen atoms in total. The van der Waals surface area contributed by atoms with Gasteiger partial charge in [0.2, 0.25) is 0 Å². The van der Waals surface area contributed by atoms with Gasteiger partial charge in [-0.25, -0.2) is 9.97 Å². The van der Waals surface area contributed by atoms with Crippen molar-refractivity contribution >= 4 is 0 Å². The largest absolute Gasteiger partial charge is 0.458 e. The highest BCUT2D eigenvalue weighted by Gasteiger charge is 2.46. The second kappa shape index (κ2) is 6.45. The zero-order chi connectivity index (χ0) is 16.4. The van der Waals surface area contributed by atoms with Gasteiger partial charge < -0.3 is 9.47 Å². The SMILES string of the molecule is Cc1cccc(CN2CC[C@@]3(C[C@H](Oc4ncccn4)CO3)C2)n1. The van der Waals surface area contributed by atoms with E-state index in [0.717, 1.165) is 43.9 Å². The lowest BCUT2D eigenvalue weighted by Crippen LogP contribution is -2.33. The fourth-order valence-electron chi connectivity index (χ4n) is 3.64. The van der Waals surface area contributed by atoms with E-state index in [2.05, 4.69) is 32.0 Å². The summed E-state index contributed by atoms with van der Waals surface area (Å²) < 4.78 is 12.0. The number of hydrogen-bond acceptors (Lipinski definition) is 6. The summed E-state index contributed by atoms with van der Waals surface area (Å²) >= 11 is 0. The van der Waals surface area contributed by atoms with Gasteiger partial charge in [-0.1, -0.05) is 6.07 Å². The van der Waals surface area contributed by atoms with Crippen LogP contribution in [0.1, 0.15) is 24.2 Å². The van der Waals surface area contributed by atoms with Gasteiger partial charge in [-0.05, 0) is 31.5 Å². The Morgan fingerprint density at radius 1 is 1.29 bits per heavy atom. The second-order valence-electron chi connectivity index (χ2n) is 6.70. The molecule has 0 aliphatic carbocycles. The van der Waals surface area contributed by atoms with Crippen LogP contribution in [0, 0.1) is 6.92 Å². The van der Waals surface area contributed by atoms with E-state index in [1.54, 1.807) is 18.5 Å². The molecule has 0 unspecified atom stereocenters. The number of pyridine rings is 1. The van der Waals surface area contributed by atoms with E-state index < -0.39 is 0 Å². The maximum atomic E-state index is 6.14. The molecule has 0 N–H and O–H groups in total. The van der Waals surface area contributed by atoms with Crippen molar-refractivity contribution in [3.8, 4) is 6.01 Å². The number of aryl methyl sites for hydroxylation is 1. The zero-order valence-corrected chi connectivity index (χ0v) is 13.9. The molecule has 6 heteroatoms. The maximum absolute atomic E-state index is 6.14. The molecule has 2 aromatic heterocycles. The van der Waals surface area contributed by atoms with Gasteiger partial charge in [0.25, 0.3) is 0 Å². The van der Waals surface area contributed by atoms with E-state index in [1.807, 2.05) is 13.0 Å². The standard InChI is InChI=1S/C18H22N4O2/c1-14-4-2-5-15(21-14)11-22-9-6-18(13-22)10-16(12-23-18)24-17-19-7-3-8-20-17/h2-5,7-8,16H,6,9-13H2,1H3/t16-,18+/m0/s1. The smallest absolute Gasteiger partial charge is 0.316 e. The molecule has 2 saturated heterocycles. The van der Waals surface area contributed by atoms with Gasteiger partial charge in [0.15, 0.2) is 0 Å². The summed E-state index contributed by atoms with van der Waals surface area (Å²) in [4.78, 5) is 15.3. The van der Waals surface area contributed by atoms with Gasteiger partial charge in [-0.15, -0.1) is 0 Å². The van der Waals surface area contributed by atoms with Crippen molar-refractivity contribution in [2.24, 2.45) is 0 Å². The molecule has 0 amide bonds. The summed E-state index contributed by atoms with van der Waals surface area (Å²) in [6.45, 7) is 5.47. The highest BCUT2D eigenvalue weighted by molar-refractivity contribution is 5.11. The summed E-state index contributed by atoms with van der Waals surface area (Å²) in [5.74, 6) is 0. The van der Waals surface area contributed by atoms with E-state index >= 15 is 0 Å². The van der Waals surface area contributed by atoms with Crippen LogP contribution in [-0.2, 0) is 11.3 Å². The van der Waals surface area contributed by atoms with Crippen LogP contribution in [0.2, 0.25) is 0 Å². The quantitative estimate of drug-likeness (QED) is 0.856. The van der Waals surface area contributed by atoms with Crippen LogP contribution in [0.3, 0.4) is 0 Å². The van der Waals surface area contributed by atoms with Crippen LogP contribution >= 0.6 is 0 Å². The fourth-order valence-corrected chi connectivity index (χ4v) is 3.64. The molecular weight excluding hydrogens is 304 g/mol. The Kier molecular flexibility index (Phi) is 4.16. The molecule has 24 heavy (non-hydrogen) atoms. The molecule has 4 heterocycles. The van der Waals surface area contributed by atoms with Crippen LogP contribution in [0.5, 0.6) is 6.01 Å². The first-order valence-electron chi connectivity index (χ1n) is 8.43. The minimum Gasteiger partial charge on any atom is -0.458 e. The number of hydrogen-bond donors (Lipinski definition) is 0. The predicted molar refractivity (Wildman–Crippen MR) is 88.6 cm³/mol. The second-order valence-corrected chi connectivity index (χ2v) is 6.70. The van der Waals surface area contributed by atoms with Gasteiger partial charge in [0.1, 0.15) is 6.10 Å². The molecule has 0 radical (unpaired) electrons. The molecule has 0 bridgehead atoms. The van der Waals surface area contributed by atoms with Crippen LogP contribution in [0.15, 0.2) is 36.7 Å².